The average Bonchev–Trinajstić information content (AvgIpc) is 3.28. The van der Waals surface area contributed by atoms with E-state index in [1.54, 1.807) is 42.5 Å². The largest absolute Gasteiger partial charge is 0.480 e. The molecule has 2 amide bonds. The zero-order valence-corrected chi connectivity index (χ0v) is 23.5. The number of hydrogen-bond donors (Lipinski definition) is 4. The van der Waals surface area contributed by atoms with E-state index in [1.165, 1.54) is 18.9 Å². The van der Waals surface area contributed by atoms with Crippen molar-refractivity contribution in [1.82, 2.24) is 10.6 Å². The zero-order chi connectivity index (χ0) is 28.2. The van der Waals surface area contributed by atoms with Crippen LogP contribution >= 0.6 is 35.0 Å². The number of halogens is 2. The number of ether oxygens (including phenoxy) is 1. The van der Waals surface area contributed by atoms with Gasteiger partial charge in [0, 0.05) is 12.1 Å². The van der Waals surface area contributed by atoms with Crippen LogP contribution < -0.4 is 16.0 Å². The lowest BCUT2D eigenvalue weighted by molar-refractivity contribution is -0.145. The molecule has 2 aliphatic rings. The maximum Gasteiger partial charge on any atom is 0.328 e. The Morgan fingerprint density at radius 3 is 2.31 bits per heavy atom. The molecule has 1 spiro atoms. The van der Waals surface area contributed by atoms with Crippen molar-refractivity contribution in [2.45, 2.75) is 60.7 Å². The van der Waals surface area contributed by atoms with Gasteiger partial charge in [-0.2, -0.15) is 0 Å². The van der Waals surface area contributed by atoms with Crippen LogP contribution in [-0.4, -0.2) is 58.2 Å². The molecule has 1 aliphatic heterocycles. The molecule has 2 aromatic carbocycles. The average molecular weight is 595 g/mol. The first-order valence-corrected chi connectivity index (χ1v) is 14.2. The summed E-state index contributed by atoms with van der Waals surface area (Å²) in [6.07, 6.45) is 4.69. The summed E-state index contributed by atoms with van der Waals surface area (Å²) in [7, 11) is 1.22. The number of anilines is 1. The first-order valence-electron chi connectivity index (χ1n) is 12.5. The molecule has 4 N–H and O–H groups in total. The third kappa shape index (κ3) is 6.87. The Balaban J connectivity index is 1.43. The van der Waals surface area contributed by atoms with Gasteiger partial charge in [0.25, 0.3) is 5.91 Å². The minimum Gasteiger partial charge on any atom is -0.480 e. The van der Waals surface area contributed by atoms with Crippen molar-refractivity contribution in [2.75, 3.05) is 12.4 Å². The van der Waals surface area contributed by atoms with E-state index >= 15 is 0 Å². The number of carbonyl (C=O) groups excluding carboxylic acids is 3. The van der Waals surface area contributed by atoms with E-state index in [0.29, 0.717) is 11.3 Å². The predicted octanol–water partition coefficient (Wildman–Crippen LogP) is 4.26. The fourth-order valence-corrected chi connectivity index (χ4v) is 7.15. The molecule has 39 heavy (non-hydrogen) atoms. The number of benzene rings is 2. The SMILES string of the molecule is COC(=O)C(Cc1ccc(NC(=O)c2c(Cl)cccc2Cl)cc1)NC(=O)[C@@H]1NC2(CCCCC2)S[C@H]1C(=O)O. The summed E-state index contributed by atoms with van der Waals surface area (Å²) in [5.41, 5.74) is 1.33. The summed E-state index contributed by atoms with van der Waals surface area (Å²) in [4.78, 5) is 50.0. The second-order valence-corrected chi connectivity index (χ2v) is 11.9. The van der Waals surface area contributed by atoms with E-state index in [-0.39, 0.29) is 22.0 Å². The molecule has 1 heterocycles. The minimum absolute atomic E-state index is 0.103. The molecule has 0 radical (unpaired) electrons. The molecule has 208 valence electrons. The minimum atomic E-state index is -1.07. The fourth-order valence-electron chi connectivity index (χ4n) is 4.95. The van der Waals surface area contributed by atoms with Crippen LogP contribution in [0.4, 0.5) is 5.69 Å². The first kappa shape index (κ1) is 29.2. The van der Waals surface area contributed by atoms with E-state index < -0.39 is 46.0 Å². The van der Waals surface area contributed by atoms with Crippen molar-refractivity contribution in [3.05, 3.63) is 63.6 Å². The van der Waals surface area contributed by atoms with Gasteiger partial charge < -0.3 is 20.5 Å². The topological polar surface area (TPSA) is 134 Å². The van der Waals surface area contributed by atoms with Crippen LogP contribution in [0.5, 0.6) is 0 Å². The summed E-state index contributed by atoms with van der Waals surface area (Å²) in [5, 5.41) is 18.0. The lowest BCUT2D eigenvalue weighted by Crippen LogP contribution is -2.56. The number of carboxylic acids is 1. The van der Waals surface area contributed by atoms with Gasteiger partial charge in [-0.1, -0.05) is 60.7 Å². The standard InChI is InChI=1S/C27H29Cl2N3O6S/c1-38-26(37)19(31-24(34)21-22(25(35)36)39-27(32-21)12-3-2-4-13-27)14-15-8-10-16(11-9-15)30-23(33)20-17(28)6-5-7-18(20)29/h5-11,19,21-22,32H,2-4,12-14H2,1H3,(H,30,33)(H,31,34)(H,35,36)/t19?,21-,22-/m1/s1. The number of methoxy groups -OCH3 is 1. The Morgan fingerprint density at radius 1 is 1.08 bits per heavy atom. The van der Waals surface area contributed by atoms with E-state index in [2.05, 4.69) is 16.0 Å². The molecule has 0 bridgehead atoms. The van der Waals surface area contributed by atoms with Gasteiger partial charge in [0.2, 0.25) is 5.91 Å². The number of carboxylic acid groups (broad SMARTS) is 1. The molecule has 12 heteroatoms. The number of carbonyl (C=O) groups is 4. The summed E-state index contributed by atoms with van der Waals surface area (Å²) in [6, 6.07) is 9.47. The van der Waals surface area contributed by atoms with Crippen molar-refractivity contribution < 1.29 is 29.0 Å². The Hall–Kier alpha value is -2.79. The quantitative estimate of drug-likeness (QED) is 0.333. The van der Waals surface area contributed by atoms with Gasteiger partial charge in [-0.3, -0.25) is 19.7 Å². The Morgan fingerprint density at radius 2 is 1.72 bits per heavy atom. The summed E-state index contributed by atoms with van der Waals surface area (Å²) in [5.74, 6) is -2.75. The van der Waals surface area contributed by atoms with E-state index in [1.807, 2.05) is 0 Å². The molecule has 9 nitrogen and oxygen atoms in total. The zero-order valence-electron chi connectivity index (χ0n) is 21.2. The highest BCUT2D eigenvalue weighted by molar-refractivity contribution is 8.02. The summed E-state index contributed by atoms with van der Waals surface area (Å²) < 4.78 is 4.90. The van der Waals surface area contributed by atoms with Crippen LogP contribution in [0.2, 0.25) is 10.0 Å². The molecular weight excluding hydrogens is 565 g/mol. The molecule has 1 unspecified atom stereocenters. The van der Waals surface area contributed by atoms with Crippen molar-refractivity contribution in [3.8, 4) is 0 Å². The van der Waals surface area contributed by atoms with Crippen molar-refractivity contribution in [2.24, 2.45) is 0 Å². The highest BCUT2D eigenvalue weighted by Crippen LogP contribution is 2.46. The fraction of sp³-hybridized carbons (Fsp3) is 0.407. The van der Waals surface area contributed by atoms with Crippen molar-refractivity contribution in [1.29, 1.82) is 0 Å². The normalized spacial score (nSPS) is 20.7. The number of aliphatic carboxylic acids is 1. The second kappa shape index (κ2) is 12.6. The number of hydrogen-bond acceptors (Lipinski definition) is 7. The predicted molar refractivity (Wildman–Crippen MR) is 150 cm³/mol. The molecule has 3 atom stereocenters. The van der Waals surface area contributed by atoms with Crippen LogP contribution in [0.15, 0.2) is 42.5 Å². The number of rotatable bonds is 8. The van der Waals surface area contributed by atoms with Gasteiger partial charge >= 0.3 is 11.9 Å². The van der Waals surface area contributed by atoms with Crippen molar-refractivity contribution in [3.63, 3.8) is 0 Å². The molecular formula is C27H29Cl2N3O6S. The van der Waals surface area contributed by atoms with Crippen LogP contribution in [0.3, 0.4) is 0 Å². The van der Waals surface area contributed by atoms with Gasteiger partial charge in [-0.05, 0) is 42.7 Å². The molecule has 1 aliphatic carbocycles. The molecule has 1 saturated heterocycles. The smallest absolute Gasteiger partial charge is 0.328 e. The Bertz CT molecular complexity index is 1230. The molecule has 2 aromatic rings. The summed E-state index contributed by atoms with van der Waals surface area (Å²) in [6.45, 7) is 0. The lowest BCUT2D eigenvalue weighted by Gasteiger charge is -2.33. The third-order valence-corrected chi connectivity index (χ3v) is 9.24. The highest BCUT2D eigenvalue weighted by atomic mass is 35.5. The maximum atomic E-state index is 13.2. The molecule has 1 saturated carbocycles. The van der Waals surface area contributed by atoms with Crippen LogP contribution in [0.1, 0.15) is 48.0 Å². The number of nitrogens with one attached hydrogen (secondary N) is 3. The van der Waals surface area contributed by atoms with Crippen LogP contribution in [0, 0.1) is 0 Å². The highest BCUT2D eigenvalue weighted by Gasteiger charge is 2.51. The van der Waals surface area contributed by atoms with Gasteiger partial charge in [-0.25, -0.2) is 4.79 Å². The maximum absolute atomic E-state index is 13.2. The number of esters is 1. The monoisotopic (exact) mass is 593 g/mol. The van der Waals surface area contributed by atoms with Crippen molar-refractivity contribution >= 4 is 64.4 Å². The lowest BCUT2D eigenvalue weighted by atomic mass is 9.94. The summed E-state index contributed by atoms with van der Waals surface area (Å²) >= 11 is 13.5. The third-order valence-electron chi connectivity index (χ3n) is 6.90. The van der Waals surface area contributed by atoms with Gasteiger partial charge in [-0.15, -0.1) is 11.8 Å². The number of thioether (sulfide) groups is 1. The molecule has 4 rings (SSSR count). The Kier molecular flexibility index (Phi) is 9.43. The van der Waals surface area contributed by atoms with E-state index in [0.717, 1.165) is 32.1 Å². The van der Waals surface area contributed by atoms with E-state index in [9.17, 15) is 24.3 Å². The number of amides is 2. The van der Waals surface area contributed by atoms with E-state index in [4.69, 9.17) is 27.9 Å². The van der Waals surface area contributed by atoms with Gasteiger partial charge in [0.15, 0.2) is 0 Å². The second-order valence-electron chi connectivity index (χ2n) is 9.59. The first-order chi connectivity index (χ1) is 18.6. The van der Waals surface area contributed by atoms with Gasteiger partial charge in [0.1, 0.15) is 17.3 Å². The van der Waals surface area contributed by atoms with Crippen LogP contribution in [0.25, 0.3) is 0 Å². The molecule has 0 aromatic heterocycles. The Labute approximate surface area is 240 Å². The van der Waals surface area contributed by atoms with Crippen LogP contribution in [-0.2, 0) is 25.5 Å². The van der Waals surface area contributed by atoms with Gasteiger partial charge in [0.05, 0.1) is 27.6 Å². The molecule has 2 fully saturated rings.